The smallest absolute Gasteiger partial charge is 0.237 e. The van der Waals surface area contributed by atoms with Crippen LogP contribution in [0.5, 0.6) is 0 Å². The number of hydrogen-bond acceptors (Lipinski definition) is 3. The Kier molecular flexibility index (Phi) is 5.75. The number of thiophene rings is 1. The molecule has 2 aromatic rings. The van der Waals surface area contributed by atoms with Gasteiger partial charge in [0, 0.05) is 18.0 Å². The fourth-order valence-corrected chi connectivity index (χ4v) is 3.14. The van der Waals surface area contributed by atoms with Gasteiger partial charge < -0.3 is 5.32 Å². The molecule has 0 fully saturated rings. The number of nitrogens with one attached hydrogen (secondary N) is 1. The third-order valence-electron chi connectivity index (χ3n) is 3.99. The maximum absolute atomic E-state index is 12.3. The molecular weight excluding hydrogens is 292 g/mol. The van der Waals surface area contributed by atoms with Crippen LogP contribution in [0.3, 0.4) is 0 Å². The topological polar surface area (TPSA) is 32.3 Å². The number of hydrogen-bond donors (Lipinski definition) is 1. The van der Waals surface area contributed by atoms with Crippen molar-refractivity contribution in [2.75, 3.05) is 7.05 Å². The zero-order chi connectivity index (χ0) is 16.1. The van der Waals surface area contributed by atoms with Gasteiger partial charge in [0.1, 0.15) is 0 Å². The molecule has 0 saturated heterocycles. The number of aryl methyl sites for hydroxylation is 2. The molecule has 1 amide bonds. The van der Waals surface area contributed by atoms with Gasteiger partial charge in [0.2, 0.25) is 5.91 Å². The molecule has 0 aliphatic carbocycles. The van der Waals surface area contributed by atoms with Crippen molar-refractivity contribution in [3.05, 3.63) is 57.3 Å². The van der Waals surface area contributed by atoms with Crippen molar-refractivity contribution in [1.29, 1.82) is 0 Å². The number of amides is 1. The largest absolute Gasteiger partial charge is 0.351 e. The zero-order valence-electron chi connectivity index (χ0n) is 13.7. The van der Waals surface area contributed by atoms with Crippen LogP contribution in [0.1, 0.15) is 28.5 Å². The van der Waals surface area contributed by atoms with Gasteiger partial charge in [-0.2, -0.15) is 0 Å². The minimum Gasteiger partial charge on any atom is -0.351 e. The first-order chi connectivity index (χ1) is 10.5. The van der Waals surface area contributed by atoms with Crippen molar-refractivity contribution in [3.63, 3.8) is 0 Å². The first-order valence-corrected chi connectivity index (χ1v) is 8.42. The van der Waals surface area contributed by atoms with Crippen LogP contribution in [0.2, 0.25) is 0 Å². The van der Waals surface area contributed by atoms with Gasteiger partial charge in [-0.3, -0.25) is 9.69 Å². The molecule has 0 aliphatic heterocycles. The van der Waals surface area contributed by atoms with Gasteiger partial charge in [-0.15, -0.1) is 11.3 Å². The van der Waals surface area contributed by atoms with Gasteiger partial charge >= 0.3 is 0 Å². The Bertz CT molecular complexity index is 618. The van der Waals surface area contributed by atoms with Crippen LogP contribution in [0, 0.1) is 13.8 Å². The van der Waals surface area contributed by atoms with E-state index >= 15 is 0 Å². The highest BCUT2D eigenvalue weighted by molar-refractivity contribution is 7.10. The van der Waals surface area contributed by atoms with Gasteiger partial charge in [0.05, 0.1) is 6.04 Å². The van der Waals surface area contributed by atoms with Crippen molar-refractivity contribution in [3.8, 4) is 0 Å². The van der Waals surface area contributed by atoms with Crippen molar-refractivity contribution in [1.82, 2.24) is 10.2 Å². The Labute approximate surface area is 137 Å². The molecule has 2 rings (SSSR count). The van der Waals surface area contributed by atoms with Crippen molar-refractivity contribution >= 4 is 17.2 Å². The average molecular weight is 316 g/mol. The number of rotatable bonds is 6. The van der Waals surface area contributed by atoms with Crippen LogP contribution in [-0.4, -0.2) is 23.9 Å². The van der Waals surface area contributed by atoms with Crippen LogP contribution >= 0.6 is 11.3 Å². The summed E-state index contributed by atoms with van der Waals surface area (Å²) in [6.45, 7) is 7.51. The average Bonchev–Trinajstić information content (AvgIpc) is 2.90. The Balaban J connectivity index is 1.85. The Hall–Kier alpha value is -1.65. The molecule has 1 atom stereocenters. The van der Waals surface area contributed by atoms with Crippen LogP contribution in [0.15, 0.2) is 35.7 Å². The molecule has 0 radical (unpaired) electrons. The summed E-state index contributed by atoms with van der Waals surface area (Å²) >= 11 is 1.75. The summed E-state index contributed by atoms with van der Waals surface area (Å²) in [6, 6.07) is 10.2. The Morgan fingerprint density at radius 1 is 1.23 bits per heavy atom. The highest BCUT2D eigenvalue weighted by Crippen LogP contribution is 2.18. The fourth-order valence-electron chi connectivity index (χ4n) is 2.17. The highest BCUT2D eigenvalue weighted by Gasteiger charge is 2.18. The number of benzene rings is 1. The summed E-state index contributed by atoms with van der Waals surface area (Å²) in [7, 11) is 2.00. The van der Waals surface area contributed by atoms with E-state index < -0.39 is 0 Å². The molecular formula is C18H24N2OS. The quantitative estimate of drug-likeness (QED) is 0.884. The van der Waals surface area contributed by atoms with Gasteiger partial charge in [0.15, 0.2) is 0 Å². The molecule has 1 heterocycles. The SMILES string of the molecule is Cc1ccc(CNC(=O)[C@H](C)N(C)Cc2sccc2C)cc1. The lowest BCUT2D eigenvalue weighted by atomic mass is 10.1. The maximum Gasteiger partial charge on any atom is 0.237 e. The van der Waals surface area contributed by atoms with E-state index in [9.17, 15) is 4.79 Å². The normalized spacial score (nSPS) is 12.4. The van der Waals surface area contributed by atoms with E-state index in [0.717, 1.165) is 12.1 Å². The summed E-state index contributed by atoms with van der Waals surface area (Å²) in [5, 5.41) is 5.11. The van der Waals surface area contributed by atoms with Crippen molar-refractivity contribution < 1.29 is 4.79 Å². The number of likely N-dealkylation sites (N-methyl/N-ethyl adjacent to an activating group) is 1. The predicted molar refractivity (Wildman–Crippen MR) is 93.0 cm³/mol. The lowest BCUT2D eigenvalue weighted by Gasteiger charge is -2.23. The third kappa shape index (κ3) is 4.42. The molecule has 0 aliphatic rings. The second-order valence-electron chi connectivity index (χ2n) is 5.82. The summed E-state index contributed by atoms with van der Waals surface area (Å²) in [4.78, 5) is 15.7. The molecule has 118 valence electrons. The minimum absolute atomic E-state index is 0.0669. The molecule has 0 unspecified atom stereocenters. The Morgan fingerprint density at radius 2 is 1.91 bits per heavy atom. The van der Waals surface area contributed by atoms with E-state index in [-0.39, 0.29) is 11.9 Å². The minimum atomic E-state index is -0.146. The molecule has 1 N–H and O–H groups in total. The van der Waals surface area contributed by atoms with E-state index in [1.54, 1.807) is 11.3 Å². The van der Waals surface area contributed by atoms with E-state index in [1.807, 2.05) is 14.0 Å². The molecule has 0 bridgehead atoms. The summed E-state index contributed by atoms with van der Waals surface area (Å²) in [6.07, 6.45) is 0. The number of nitrogens with zero attached hydrogens (tertiary/aromatic N) is 1. The van der Waals surface area contributed by atoms with E-state index in [0.29, 0.717) is 6.54 Å². The third-order valence-corrected chi connectivity index (χ3v) is 5.00. The van der Waals surface area contributed by atoms with E-state index in [4.69, 9.17) is 0 Å². The Morgan fingerprint density at radius 3 is 2.50 bits per heavy atom. The molecule has 3 nitrogen and oxygen atoms in total. The molecule has 1 aromatic carbocycles. The first-order valence-electron chi connectivity index (χ1n) is 7.54. The fraction of sp³-hybridized carbons (Fsp3) is 0.389. The standard InChI is InChI=1S/C18H24N2OS/c1-13-5-7-16(8-6-13)11-19-18(21)15(3)20(4)12-17-14(2)9-10-22-17/h5-10,15H,11-12H2,1-4H3,(H,19,21)/t15-/m0/s1. The van der Waals surface area contributed by atoms with Crippen molar-refractivity contribution in [2.24, 2.45) is 0 Å². The molecule has 1 aromatic heterocycles. The zero-order valence-corrected chi connectivity index (χ0v) is 14.5. The predicted octanol–water partition coefficient (Wildman–Crippen LogP) is 3.50. The molecule has 0 spiro atoms. The van der Waals surface area contributed by atoms with Gasteiger partial charge in [-0.1, -0.05) is 29.8 Å². The highest BCUT2D eigenvalue weighted by atomic mass is 32.1. The van der Waals surface area contributed by atoms with Gasteiger partial charge in [0.25, 0.3) is 0 Å². The lowest BCUT2D eigenvalue weighted by Crippen LogP contribution is -2.42. The summed E-state index contributed by atoms with van der Waals surface area (Å²) in [5.74, 6) is 0.0669. The van der Waals surface area contributed by atoms with Gasteiger partial charge in [-0.25, -0.2) is 0 Å². The summed E-state index contributed by atoms with van der Waals surface area (Å²) in [5.41, 5.74) is 3.65. The van der Waals surface area contributed by atoms with E-state index in [1.165, 1.54) is 16.0 Å². The van der Waals surface area contributed by atoms with Crippen LogP contribution in [-0.2, 0) is 17.9 Å². The molecule has 4 heteroatoms. The van der Waals surface area contributed by atoms with Gasteiger partial charge in [-0.05, 0) is 50.4 Å². The lowest BCUT2D eigenvalue weighted by molar-refractivity contribution is -0.125. The first kappa shape index (κ1) is 16.7. The van der Waals surface area contributed by atoms with Crippen LogP contribution in [0.4, 0.5) is 0 Å². The molecule has 22 heavy (non-hydrogen) atoms. The summed E-state index contributed by atoms with van der Waals surface area (Å²) < 4.78 is 0. The molecule has 0 saturated carbocycles. The number of carbonyl (C=O) groups is 1. The number of carbonyl (C=O) groups excluding carboxylic acids is 1. The van der Waals surface area contributed by atoms with Crippen LogP contribution in [0.25, 0.3) is 0 Å². The van der Waals surface area contributed by atoms with Crippen LogP contribution < -0.4 is 5.32 Å². The second kappa shape index (κ2) is 7.56. The maximum atomic E-state index is 12.3. The second-order valence-corrected chi connectivity index (χ2v) is 6.82. The van der Waals surface area contributed by atoms with Crippen molar-refractivity contribution in [2.45, 2.75) is 39.9 Å². The van der Waals surface area contributed by atoms with E-state index in [2.05, 4.69) is 59.8 Å². The monoisotopic (exact) mass is 316 g/mol.